The Balaban J connectivity index is 2.01. The number of carbonyl (C=O) groups excluding carboxylic acids is 1. The highest BCUT2D eigenvalue weighted by molar-refractivity contribution is 9.10. The van der Waals surface area contributed by atoms with Crippen LogP contribution in [0.1, 0.15) is 45.6 Å². The Bertz CT molecular complexity index is 607. The molecule has 0 aromatic heterocycles. The minimum Gasteiger partial charge on any atom is -0.443 e. The van der Waals surface area contributed by atoms with Crippen molar-refractivity contribution in [1.29, 1.82) is 0 Å². The molecule has 1 unspecified atom stereocenters. The summed E-state index contributed by atoms with van der Waals surface area (Å²) in [7, 11) is 0. The number of fused-ring (bicyclic) bond motifs is 1. The van der Waals surface area contributed by atoms with Crippen LogP contribution in [0.25, 0.3) is 0 Å². The van der Waals surface area contributed by atoms with Gasteiger partial charge in [-0.1, -0.05) is 15.9 Å². The number of amides is 1. The Hall–Kier alpha value is -1.10. The number of hydrogen-bond donors (Lipinski definition) is 0. The molecule has 1 saturated carbocycles. The van der Waals surface area contributed by atoms with Gasteiger partial charge >= 0.3 is 6.09 Å². The molecule has 0 saturated heterocycles. The quantitative estimate of drug-likeness (QED) is 0.692. The monoisotopic (exact) mass is 369 g/mol. The predicted octanol–water partition coefficient (Wildman–Crippen LogP) is 5.05. The van der Waals surface area contributed by atoms with Gasteiger partial charge in [0, 0.05) is 16.1 Å². The molecular formula is C17H21BrFNO2. The van der Waals surface area contributed by atoms with Gasteiger partial charge in [-0.25, -0.2) is 9.18 Å². The van der Waals surface area contributed by atoms with E-state index in [0.29, 0.717) is 28.1 Å². The van der Waals surface area contributed by atoms with E-state index in [-0.39, 0.29) is 18.0 Å². The van der Waals surface area contributed by atoms with E-state index in [9.17, 15) is 9.18 Å². The standard InChI is InChI=1S/C17H21BrFNO2/c1-17(2,3)22-16(21)20-14(10-4-5-10)7-6-12-13(19)8-11(18)9-15(12)20/h8-10,14H,4-7H2,1-3H3. The summed E-state index contributed by atoms with van der Waals surface area (Å²) in [6.45, 7) is 5.55. The second-order valence-corrected chi connectivity index (χ2v) is 8.09. The molecule has 1 atom stereocenters. The fourth-order valence-electron chi connectivity index (χ4n) is 3.12. The van der Waals surface area contributed by atoms with Crippen molar-refractivity contribution in [3.8, 4) is 0 Å². The van der Waals surface area contributed by atoms with Crippen molar-refractivity contribution in [3.63, 3.8) is 0 Å². The van der Waals surface area contributed by atoms with E-state index in [1.807, 2.05) is 26.8 Å². The first-order chi connectivity index (χ1) is 10.3. The lowest BCUT2D eigenvalue weighted by molar-refractivity contribution is 0.0555. The van der Waals surface area contributed by atoms with Crippen molar-refractivity contribution < 1.29 is 13.9 Å². The normalized spacial score (nSPS) is 21.5. The van der Waals surface area contributed by atoms with E-state index in [2.05, 4.69) is 15.9 Å². The Morgan fingerprint density at radius 1 is 1.32 bits per heavy atom. The number of carbonyl (C=O) groups is 1. The summed E-state index contributed by atoms with van der Waals surface area (Å²) in [4.78, 5) is 14.4. The lowest BCUT2D eigenvalue weighted by Gasteiger charge is -2.38. The van der Waals surface area contributed by atoms with E-state index < -0.39 is 5.60 Å². The van der Waals surface area contributed by atoms with Crippen LogP contribution in [-0.2, 0) is 11.2 Å². The summed E-state index contributed by atoms with van der Waals surface area (Å²) in [5, 5.41) is 0. The fraction of sp³-hybridized carbons (Fsp3) is 0.588. The molecule has 1 heterocycles. The van der Waals surface area contributed by atoms with Gasteiger partial charge in [-0.3, -0.25) is 4.90 Å². The van der Waals surface area contributed by atoms with Gasteiger partial charge in [0.1, 0.15) is 11.4 Å². The van der Waals surface area contributed by atoms with Crippen LogP contribution in [0, 0.1) is 11.7 Å². The summed E-state index contributed by atoms with van der Waals surface area (Å²) in [6.07, 6.45) is 3.37. The molecule has 120 valence electrons. The van der Waals surface area contributed by atoms with Crippen LogP contribution in [-0.4, -0.2) is 17.7 Å². The molecule has 0 N–H and O–H groups in total. The van der Waals surface area contributed by atoms with Crippen LogP contribution < -0.4 is 4.90 Å². The first-order valence-corrected chi connectivity index (χ1v) is 8.56. The molecular weight excluding hydrogens is 349 g/mol. The van der Waals surface area contributed by atoms with Crippen molar-refractivity contribution in [2.45, 2.75) is 58.1 Å². The highest BCUT2D eigenvalue weighted by atomic mass is 79.9. The van der Waals surface area contributed by atoms with Gasteiger partial charge < -0.3 is 4.74 Å². The van der Waals surface area contributed by atoms with Crippen LogP contribution in [0.4, 0.5) is 14.9 Å². The van der Waals surface area contributed by atoms with Gasteiger partial charge in [0.05, 0.1) is 5.69 Å². The number of halogens is 2. The zero-order chi connectivity index (χ0) is 16.1. The third kappa shape index (κ3) is 3.14. The van der Waals surface area contributed by atoms with Crippen molar-refractivity contribution >= 4 is 27.7 Å². The number of anilines is 1. The van der Waals surface area contributed by atoms with Crippen molar-refractivity contribution in [3.05, 3.63) is 28.0 Å². The summed E-state index contributed by atoms with van der Waals surface area (Å²) >= 11 is 3.33. The van der Waals surface area contributed by atoms with Crippen molar-refractivity contribution in [2.75, 3.05) is 4.90 Å². The number of ether oxygens (including phenoxy) is 1. The van der Waals surface area contributed by atoms with E-state index >= 15 is 0 Å². The van der Waals surface area contributed by atoms with E-state index in [1.54, 1.807) is 4.90 Å². The Labute approximate surface area is 139 Å². The highest BCUT2D eigenvalue weighted by Gasteiger charge is 2.43. The molecule has 1 aromatic carbocycles. The molecule has 0 bridgehead atoms. The summed E-state index contributed by atoms with van der Waals surface area (Å²) in [5.74, 6) is 0.259. The maximum absolute atomic E-state index is 14.2. The third-order valence-corrected chi connectivity index (χ3v) is 4.63. The molecule has 3 rings (SSSR count). The van der Waals surface area contributed by atoms with Gasteiger partial charge in [0.2, 0.25) is 0 Å². The van der Waals surface area contributed by atoms with E-state index in [1.165, 1.54) is 6.07 Å². The number of hydrogen-bond acceptors (Lipinski definition) is 2. The van der Waals surface area contributed by atoms with Crippen molar-refractivity contribution in [2.24, 2.45) is 5.92 Å². The molecule has 1 aliphatic heterocycles. The molecule has 2 aliphatic rings. The highest BCUT2D eigenvalue weighted by Crippen LogP contribution is 2.44. The number of rotatable bonds is 1. The van der Waals surface area contributed by atoms with Crippen LogP contribution in [0.3, 0.4) is 0 Å². The SMILES string of the molecule is CC(C)(C)OC(=O)N1c2cc(Br)cc(F)c2CCC1C1CC1. The zero-order valence-corrected chi connectivity index (χ0v) is 14.7. The average molecular weight is 370 g/mol. The Kier molecular flexibility index (Phi) is 3.96. The maximum Gasteiger partial charge on any atom is 0.415 e. The van der Waals surface area contributed by atoms with E-state index in [4.69, 9.17) is 4.74 Å². The maximum atomic E-state index is 14.2. The lowest BCUT2D eigenvalue weighted by Crippen LogP contribution is -2.47. The smallest absolute Gasteiger partial charge is 0.415 e. The van der Waals surface area contributed by atoms with Gasteiger partial charge in [-0.05, 0) is 64.5 Å². The predicted molar refractivity (Wildman–Crippen MR) is 87.6 cm³/mol. The summed E-state index contributed by atoms with van der Waals surface area (Å²) < 4.78 is 20.5. The van der Waals surface area contributed by atoms with Crippen molar-refractivity contribution in [1.82, 2.24) is 0 Å². The van der Waals surface area contributed by atoms with Gasteiger partial charge in [0.25, 0.3) is 0 Å². The molecule has 0 spiro atoms. The minimum absolute atomic E-state index is 0.121. The molecule has 1 amide bonds. The van der Waals surface area contributed by atoms with Crippen LogP contribution in [0.5, 0.6) is 0 Å². The largest absolute Gasteiger partial charge is 0.443 e. The van der Waals surface area contributed by atoms with Gasteiger partial charge in [-0.2, -0.15) is 0 Å². The van der Waals surface area contributed by atoms with Crippen LogP contribution >= 0.6 is 15.9 Å². The van der Waals surface area contributed by atoms with Gasteiger partial charge in [0.15, 0.2) is 0 Å². The molecule has 1 aliphatic carbocycles. The first kappa shape index (κ1) is 15.8. The van der Waals surface area contributed by atoms with E-state index in [0.717, 1.165) is 19.3 Å². The third-order valence-electron chi connectivity index (χ3n) is 4.17. The molecule has 0 radical (unpaired) electrons. The lowest BCUT2D eigenvalue weighted by atomic mass is 9.93. The number of benzene rings is 1. The summed E-state index contributed by atoms with van der Waals surface area (Å²) in [5.41, 5.74) is 0.711. The second-order valence-electron chi connectivity index (χ2n) is 7.18. The van der Waals surface area contributed by atoms with Gasteiger partial charge in [-0.15, -0.1) is 0 Å². The fourth-order valence-corrected chi connectivity index (χ4v) is 3.54. The minimum atomic E-state index is -0.562. The first-order valence-electron chi connectivity index (χ1n) is 7.76. The Morgan fingerprint density at radius 2 is 2.00 bits per heavy atom. The topological polar surface area (TPSA) is 29.5 Å². The summed E-state index contributed by atoms with van der Waals surface area (Å²) in [6, 6.07) is 3.41. The Morgan fingerprint density at radius 3 is 2.59 bits per heavy atom. The molecule has 1 fully saturated rings. The number of nitrogens with zero attached hydrogens (tertiary/aromatic N) is 1. The average Bonchev–Trinajstić information content (AvgIpc) is 3.18. The zero-order valence-electron chi connectivity index (χ0n) is 13.2. The molecule has 5 heteroatoms. The molecule has 3 nitrogen and oxygen atoms in total. The molecule has 1 aromatic rings. The van der Waals surface area contributed by atoms with Crippen LogP contribution in [0.2, 0.25) is 0 Å². The molecule has 22 heavy (non-hydrogen) atoms. The second kappa shape index (κ2) is 5.52. The van der Waals surface area contributed by atoms with Crippen LogP contribution in [0.15, 0.2) is 16.6 Å².